The highest BCUT2D eigenvalue weighted by molar-refractivity contribution is 5.88. The molecule has 8 aromatic rings. The Morgan fingerprint density at radius 2 is 0.419 bits per heavy atom. The van der Waals surface area contributed by atoms with Crippen molar-refractivity contribution in [2.75, 3.05) is 45.9 Å². The predicted octanol–water partition coefficient (Wildman–Crippen LogP) is 10.9. The Kier molecular flexibility index (Phi) is 9.99. The van der Waals surface area contributed by atoms with Crippen LogP contribution in [0.2, 0.25) is 0 Å². The molecule has 0 atom stereocenters. The van der Waals surface area contributed by atoms with Crippen LogP contribution in [0.25, 0.3) is 44.5 Å². The van der Waals surface area contributed by atoms with Gasteiger partial charge in [0, 0.05) is 101 Å². The summed E-state index contributed by atoms with van der Waals surface area (Å²) >= 11 is 0. The molecule has 0 bridgehead atoms. The van der Waals surface area contributed by atoms with E-state index in [0.717, 1.165) is 92.4 Å². The molecule has 0 saturated heterocycles. The number of nitrogen functional groups attached to an aromatic ring is 8. The second-order valence-corrected chi connectivity index (χ2v) is 16.7. The van der Waals surface area contributed by atoms with Gasteiger partial charge in [0.2, 0.25) is 0 Å². The molecule has 0 aromatic heterocycles. The highest BCUT2D eigenvalue weighted by atomic mass is 14.6. The van der Waals surface area contributed by atoms with E-state index in [9.17, 15) is 0 Å². The second-order valence-electron chi connectivity index (χ2n) is 16.7. The molecule has 1 fully saturated rings. The van der Waals surface area contributed by atoms with Crippen molar-refractivity contribution < 1.29 is 0 Å². The summed E-state index contributed by atoms with van der Waals surface area (Å²) in [5.41, 5.74) is 69.6. The molecule has 8 aromatic carbocycles. The molecule has 62 heavy (non-hydrogen) atoms. The number of para-hydroxylation sites is 4. The van der Waals surface area contributed by atoms with Gasteiger partial charge in [-0.2, -0.15) is 0 Å². The van der Waals surface area contributed by atoms with Gasteiger partial charge in [0.25, 0.3) is 0 Å². The molecule has 1 aliphatic carbocycles. The van der Waals surface area contributed by atoms with Crippen LogP contribution in [0.5, 0.6) is 0 Å². The molecule has 1 aliphatic rings. The average molecular weight is 813 g/mol. The maximum absolute atomic E-state index is 6.78. The molecule has 1 saturated carbocycles. The number of benzene rings is 8. The van der Waals surface area contributed by atoms with Gasteiger partial charge in [-0.15, -0.1) is 0 Å². The fourth-order valence-corrected chi connectivity index (χ4v) is 9.91. The van der Waals surface area contributed by atoms with Gasteiger partial charge in [0.15, 0.2) is 0 Å². The summed E-state index contributed by atoms with van der Waals surface area (Å²) in [7, 11) is 0. The van der Waals surface area contributed by atoms with Crippen LogP contribution in [0.15, 0.2) is 170 Å². The van der Waals surface area contributed by atoms with Gasteiger partial charge in [0.1, 0.15) is 0 Å². The monoisotopic (exact) mass is 812 g/mol. The lowest BCUT2D eigenvalue weighted by atomic mass is 9.55. The average Bonchev–Trinajstić information content (AvgIpc) is 3.28. The van der Waals surface area contributed by atoms with Crippen molar-refractivity contribution in [2.24, 2.45) is 0 Å². The van der Waals surface area contributed by atoms with Crippen LogP contribution in [0.1, 0.15) is 47.9 Å². The Morgan fingerprint density at radius 1 is 0.226 bits per heavy atom. The van der Waals surface area contributed by atoms with Gasteiger partial charge < -0.3 is 45.9 Å². The summed E-state index contributed by atoms with van der Waals surface area (Å²) in [4.78, 5) is 0. The summed E-state index contributed by atoms with van der Waals surface area (Å²) in [5, 5.41) is 0. The standard InChI is InChI=1S/C54H52N8/c55-45-13-5-1-9-37(45)41-29-33(17-21-49(41)59)53(34-18-22-50(60)42(30-34)38-10-2-6-14-46(38)56)25-27-54(28-26-53,35-19-23-51(61)43(31-35)39-11-3-7-15-47(39)57)36-20-24-52(62)44(32-36)40-12-4-8-16-48(40)58/h1-24,29-32H,25-28,55-62H2. The Hall–Kier alpha value is -7.84. The van der Waals surface area contributed by atoms with Crippen LogP contribution in [0.4, 0.5) is 45.5 Å². The molecular weight excluding hydrogens is 761 g/mol. The van der Waals surface area contributed by atoms with Gasteiger partial charge in [-0.1, -0.05) is 97.1 Å². The molecule has 0 unspecified atom stereocenters. The number of nitrogens with two attached hydrogens (primary N) is 8. The third-order valence-corrected chi connectivity index (χ3v) is 13.4. The molecule has 0 heterocycles. The zero-order valence-corrected chi connectivity index (χ0v) is 34.6. The van der Waals surface area contributed by atoms with Crippen molar-refractivity contribution in [3.05, 3.63) is 192 Å². The van der Waals surface area contributed by atoms with E-state index in [2.05, 4.69) is 48.5 Å². The smallest absolute Gasteiger partial charge is 0.0394 e. The minimum absolute atomic E-state index is 0.484. The van der Waals surface area contributed by atoms with Crippen LogP contribution in [0, 0.1) is 0 Å². The molecule has 0 spiro atoms. The summed E-state index contributed by atoms with van der Waals surface area (Å²) in [6.07, 6.45) is 3.03. The van der Waals surface area contributed by atoms with E-state index >= 15 is 0 Å². The van der Waals surface area contributed by atoms with Crippen LogP contribution >= 0.6 is 0 Å². The van der Waals surface area contributed by atoms with E-state index in [1.165, 1.54) is 0 Å². The first-order valence-electron chi connectivity index (χ1n) is 21.0. The first-order chi connectivity index (χ1) is 30.0. The van der Waals surface area contributed by atoms with Crippen molar-refractivity contribution in [3.63, 3.8) is 0 Å². The lowest BCUT2D eigenvalue weighted by Crippen LogP contribution is -2.41. The van der Waals surface area contributed by atoms with E-state index in [0.29, 0.717) is 45.5 Å². The third-order valence-electron chi connectivity index (χ3n) is 13.4. The van der Waals surface area contributed by atoms with Crippen LogP contribution in [-0.2, 0) is 10.8 Å². The number of hydrogen-bond donors (Lipinski definition) is 8. The number of anilines is 8. The van der Waals surface area contributed by atoms with Crippen molar-refractivity contribution in [2.45, 2.75) is 36.5 Å². The molecular formula is C54H52N8. The fourth-order valence-electron chi connectivity index (χ4n) is 9.91. The third kappa shape index (κ3) is 6.76. The Morgan fingerprint density at radius 3 is 0.629 bits per heavy atom. The zero-order chi connectivity index (χ0) is 43.2. The summed E-state index contributed by atoms with van der Waals surface area (Å²) in [6, 6.07) is 57.2. The quantitative estimate of drug-likeness (QED) is 0.0691. The van der Waals surface area contributed by atoms with E-state index in [4.69, 9.17) is 45.9 Å². The maximum Gasteiger partial charge on any atom is 0.0394 e. The minimum Gasteiger partial charge on any atom is -0.398 e. The van der Waals surface area contributed by atoms with Crippen molar-refractivity contribution in [1.82, 2.24) is 0 Å². The Balaban J connectivity index is 1.27. The molecule has 8 nitrogen and oxygen atoms in total. The van der Waals surface area contributed by atoms with Gasteiger partial charge in [-0.3, -0.25) is 0 Å². The van der Waals surface area contributed by atoms with Crippen molar-refractivity contribution in [3.8, 4) is 44.5 Å². The van der Waals surface area contributed by atoms with E-state index in [1.807, 2.05) is 121 Å². The molecule has 16 N–H and O–H groups in total. The van der Waals surface area contributed by atoms with Gasteiger partial charge in [0.05, 0.1) is 0 Å². The summed E-state index contributed by atoms with van der Waals surface area (Å²) in [6.45, 7) is 0. The highest BCUT2D eigenvalue weighted by Gasteiger charge is 2.47. The SMILES string of the molecule is Nc1ccccc1-c1cc(C2(c3ccc(N)c(-c4ccccc4N)c3)CCC(c3ccc(N)c(-c4ccccc4N)c3)(c3ccc(N)c(-c4ccccc4N)c3)CC2)ccc1N. The van der Waals surface area contributed by atoms with Crippen LogP contribution in [0.3, 0.4) is 0 Å². The van der Waals surface area contributed by atoms with Gasteiger partial charge in [-0.25, -0.2) is 0 Å². The van der Waals surface area contributed by atoms with Gasteiger partial charge in [-0.05, 0) is 121 Å². The molecule has 308 valence electrons. The second kappa shape index (κ2) is 15.6. The lowest BCUT2D eigenvalue weighted by Gasteiger charge is -2.48. The molecule has 0 aliphatic heterocycles. The summed E-state index contributed by atoms with van der Waals surface area (Å²) in [5.74, 6) is 0. The molecule has 0 radical (unpaired) electrons. The van der Waals surface area contributed by atoms with Crippen molar-refractivity contribution >= 4 is 45.5 Å². The summed E-state index contributed by atoms with van der Waals surface area (Å²) < 4.78 is 0. The largest absolute Gasteiger partial charge is 0.398 e. The van der Waals surface area contributed by atoms with Crippen LogP contribution < -0.4 is 45.9 Å². The fraction of sp³-hybridized carbons (Fsp3) is 0.111. The molecule has 0 amide bonds. The normalized spacial score (nSPS) is 14.3. The molecule has 9 rings (SSSR count). The first kappa shape index (κ1) is 39.6. The Bertz CT molecular complexity index is 2580. The highest BCUT2D eigenvalue weighted by Crippen LogP contribution is 2.57. The maximum atomic E-state index is 6.78. The first-order valence-corrected chi connectivity index (χ1v) is 21.0. The zero-order valence-electron chi connectivity index (χ0n) is 34.6. The minimum atomic E-state index is -0.484. The Labute approximate surface area is 363 Å². The topological polar surface area (TPSA) is 208 Å². The van der Waals surface area contributed by atoms with E-state index in [-0.39, 0.29) is 0 Å². The number of rotatable bonds is 8. The lowest BCUT2D eigenvalue weighted by molar-refractivity contribution is 0.257. The molecule has 8 heteroatoms. The van der Waals surface area contributed by atoms with E-state index in [1.54, 1.807) is 0 Å². The number of hydrogen-bond acceptors (Lipinski definition) is 8. The van der Waals surface area contributed by atoms with Gasteiger partial charge >= 0.3 is 0 Å². The van der Waals surface area contributed by atoms with Crippen LogP contribution in [-0.4, -0.2) is 0 Å². The van der Waals surface area contributed by atoms with E-state index < -0.39 is 10.8 Å². The predicted molar refractivity (Wildman–Crippen MR) is 263 cm³/mol. The van der Waals surface area contributed by atoms with Crippen molar-refractivity contribution in [1.29, 1.82) is 0 Å².